The van der Waals surface area contributed by atoms with E-state index in [-0.39, 0.29) is 18.3 Å². The van der Waals surface area contributed by atoms with Crippen LogP contribution in [0.3, 0.4) is 0 Å². The average molecular weight is 566 g/mol. The summed E-state index contributed by atoms with van der Waals surface area (Å²) < 4.78 is 14.3. The maximum atomic E-state index is 12.6. The molecule has 0 aliphatic rings. The molecule has 0 radical (unpaired) electrons. The number of carbonyl (C=O) groups is 1. The number of methoxy groups -OCH3 is 1. The molecule has 0 bridgehead atoms. The smallest absolute Gasteiger partial charge is 0.234 e. The summed E-state index contributed by atoms with van der Waals surface area (Å²) in [5.41, 5.74) is 1.98. The Morgan fingerprint density at radius 2 is 1.94 bits per heavy atom. The molecular weight excluding hydrogens is 539 g/mol. The van der Waals surface area contributed by atoms with Crippen molar-refractivity contribution in [3.05, 3.63) is 57.4 Å². The van der Waals surface area contributed by atoms with Crippen LogP contribution in [0.1, 0.15) is 38.1 Å². The van der Waals surface area contributed by atoms with Crippen molar-refractivity contribution in [3.8, 4) is 11.5 Å². The van der Waals surface area contributed by atoms with Gasteiger partial charge in [0.05, 0.1) is 12.9 Å². The first-order valence-corrected chi connectivity index (χ1v) is 12.4. The second kappa shape index (κ2) is 11.6. The molecule has 0 saturated carbocycles. The molecule has 2 aromatic carbocycles. The molecule has 0 saturated heterocycles. The summed E-state index contributed by atoms with van der Waals surface area (Å²) in [4.78, 5) is 12.6. The molecule has 3 aromatic rings. The van der Waals surface area contributed by atoms with Gasteiger partial charge in [-0.25, -0.2) is 0 Å². The summed E-state index contributed by atoms with van der Waals surface area (Å²) in [5, 5.41) is 12.2. The van der Waals surface area contributed by atoms with E-state index in [0.717, 1.165) is 14.8 Å². The Morgan fingerprint density at radius 3 is 2.62 bits per heavy atom. The number of ether oxygens (including phenoxy) is 2. The summed E-state index contributed by atoms with van der Waals surface area (Å²) in [6, 6.07) is 13.5. The zero-order valence-electron chi connectivity index (χ0n) is 18.6. The number of nitrogens with one attached hydrogen (secondary N) is 1. The van der Waals surface area contributed by atoms with Crippen LogP contribution in [-0.4, -0.2) is 33.5 Å². The zero-order valence-corrected chi connectivity index (χ0v) is 21.6. The number of rotatable bonds is 10. The Balaban J connectivity index is 1.62. The molecule has 0 atom stereocenters. The number of carbonyl (C=O) groups excluding carboxylic acids is 1. The fraction of sp³-hybridized carbons (Fsp3) is 0.348. The molecule has 1 amide bonds. The number of para-hydroxylation sites is 2. The molecule has 1 aromatic heterocycles. The molecule has 9 heteroatoms. The van der Waals surface area contributed by atoms with E-state index >= 15 is 0 Å². The van der Waals surface area contributed by atoms with Crippen LogP contribution in [0.15, 0.2) is 47.6 Å². The number of aromatic nitrogens is 3. The number of thioether (sulfide) groups is 1. The summed E-state index contributed by atoms with van der Waals surface area (Å²) in [6.07, 6.45) is 0. The quantitative estimate of drug-likeness (QED) is 0.264. The van der Waals surface area contributed by atoms with E-state index in [4.69, 9.17) is 9.47 Å². The van der Waals surface area contributed by atoms with Crippen molar-refractivity contribution in [3.63, 3.8) is 0 Å². The van der Waals surface area contributed by atoms with E-state index in [2.05, 4.69) is 58.0 Å². The van der Waals surface area contributed by atoms with Crippen molar-refractivity contribution in [1.82, 2.24) is 14.8 Å². The molecule has 0 aliphatic heterocycles. The van der Waals surface area contributed by atoms with E-state index in [1.807, 2.05) is 47.9 Å². The van der Waals surface area contributed by atoms with E-state index < -0.39 is 0 Å². The zero-order chi connectivity index (χ0) is 23.1. The van der Waals surface area contributed by atoms with Gasteiger partial charge in [-0.1, -0.05) is 37.7 Å². The van der Waals surface area contributed by atoms with Crippen LogP contribution in [-0.2, 0) is 17.9 Å². The Labute approximate surface area is 206 Å². The highest BCUT2D eigenvalue weighted by atomic mass is 127. The number of hydrogen-bond donors (Lipinski definition) is 1. The van der Waals surface area contributed by atoms with E-state index in [9.17, 15) is 4.79 Å². The molecule has 1 N–H and O–H groups in total. The van der Waals surface area contributed by atoms with Gasteiger partial charge < -0.3 is 19.4 Å². The highest BCUT2D eigenvalue weighted by Gasteiger charge is 2.16. The molecule has 0 spiro atoms. The molecule has 0 fully saturated rings. The molecule has 3 rings (SSSR count). The Hall–Kier alpha value is -2.27. The number of benzene rings is 2. The van der Waals surface area contributed by atoms with Crippen LogP contribution in [0.2, 0.25) is 0 Å². The summed E-state index contributed by atoms with van der Waals surface area (Å²) in [6.45, 7) is 7.19. The lowest BCUT2D eigenvalue weighted by Gasteiger charge is -2.14. The van der Waals surface area contributed by atoms with Crippen LogP contribution in [0.4, 0.5) is 5.69 Å². The minimum absolute atomic E-state index is 0.0735. The van der Waals surface area contributed by atoms with E-state index in [1.54, 1.807) is 7.11 Å². The summed E-state index contributed by atoms with van der Waals surface area (Å²) in [7, 11) is 1.61. The predicted molar refractivity (Wildman–Crippen MR) is 136 cm³/mol. The van der Waals surface area contributed by atoms with Crippen molar-refractivity contribution >= 4 is 45.9 Å². The van der Waals surface area contributed by atoms with Gasteiger partial charge in [0.1, 0.15) is 6.61 Å². The molecule has 0 unspecified atom stereocenters. The first-order chi connectivity index (χ1) is 15.4. The minimum atomic E-state index is -0.0735. The largest absolute Gasteiger partial charge is 0.493 e. The maximum absolute atomic E-state index is 12.6. The first-order valence-electron chi connectivity index (χ1n) is 10.3. The Morgan fingerprint density at radius 1 is 1.19 bits per heavy atom. The highest BCUT2D eigenvalue weighted by molar-refractivity contribution is 14.1. The number of anilines is 1. The Kier molecular flexibility index (Phi) is 8.80. The fourth-order valence-corrected chi connectivity index (χ4v) is 4.51. The molecule has 0 aliphatic carbocycles. The van der Waals surface area contributed by atoms with Crippen molar-refractivity contribution in [2.75, 3.05) is 18.2 Å². The molecular formula is C23H27IN4O3S. The average Bonchev–Trinajstić information content (AvgIpc) is 3.19. The first kappa shape index (κ1) is 24.4. The number of amides is 1. The second-order valence-corrected chi connectivity index (χ2v) is 9.49. The van der Waals surface area contributed by atoms with Crippen molar-refractivity contribution in [2.45, 2.75) is 45.0 Å². The fourth-order valence-electron chi connectivity index (χ4n) is 3.17. The van der Waals surface area contributed by atoms with E-state index in [0.29, 0.717) is 34.9 Å². The van der Waals surface area contributed by atoms with Crippen LogP contribution in [0.5, 0.6) is 11.5 Å². The lowest BCUT2D eigenvalue weighted by atomic mass is 10.0. The van der Waals surface area contributed by atoms with Crippen molar-refractivity contribution < 1.29 is 14.3 Å². The third-order valence-electron chi connectivity index (χ3n) is 4.78. The topological polar surface area (TPSA) is 78.3 Å². The van der Waals surface area contributed by atoms with Gasteiger partial charge in [-0.2, -0.15) is 0 Å². The summed E-state index contributed by atoms with van der Waals surface area (Å²) in [5.74, 6) is 2.50. The third kappa shape index (κ3) is 6.16. The van der Waals surface area contributed by atoms with Gasteiger partial charge in [-0.15, -0.1) is 10.2 Å². The third-order valence-corrected chi connectivity index (χ3v) is 6.42. The van der Waals surface area contributed by atoms with Crippen molar-refractivity contribution in [2.24, 2.45) is 0 Å². The van der Waals surface area contributed by atoms with Gasteiger partial charge in [0.25, 0.3) is 0 Å². The van der Waals surface area contributed by atoms with Gasteiger partial charge in [0, 0.05) is 15.8 Å². The molecule has 7 nitrogen and oxygen atoms in total. The molecule has 170 valence electrons. The Bertz CT molecular complexity index is 1070. The van der Waals surface area contributed by atoms with Crippen LogP contribution >= 0.6 is 34.4 Å². The lowest BCUT2D eigenvalue weighted by molar-refractivity contribution is -0.113. The highest BCUT2D eigenvalue weighted by Crippen LogP contribution is 2.28. The predicted octanol–water partition coefficient (Wildman–Crippen LogP) is 5.34. The van der Waals surface area contributed by atoms with Gasteiger partial charge in [-0.3, -0.25) is 4.79 Å². The maximum Gasteiger partial charge on any atom is 0.234 e. The number of nitrogens with zero attached hydrogens (tertiary/aromatic N) is 3. The van der Waals surface area contributed by atoms with E-state index in [1.165, 1.54) is 11.8 Å². The lowest BCUT2D eigenvalue weighted by Crippen LogP contribution is -2.16. The van der Waals surface area contributed by atoms with Crippen LogP contribution < -0.4 is 14.8 Å². The van der Waals surface area contributed by atoms with Gasteiger partial charge >= 0.3 is 0 Å². The van der Waals surface area contributed by atoms with Crippen LogP contribution in [0.25, 0.3) is 0 Å². The van der Waals surface area contributed by atoms with Crippen molar-refractivity contribution in [1.29, 1.82) is 0 Å². The molecule has 1 heterocycles. The minimum Gasteiger partial charge on any atom is -0.493 e. The number of hydrogen-bond acceptors (Lipinski definition) is 6. The standard InChI is InChI=1S/C23H27IN4O3S/c1-5-28-21(13-31-20-9-7-6-8-19(20)30-4)26-27-23(28)32-14-22(29)25-18-11-10-16(24)12-17(18)15(2)3/h6-12,15H,5,13-14H2,1-4H3,(H,25,29). The summed E-state index contributed by atoms with van der Waals surface area (Å²) >= 11 is 3.65. The van der Waals surface area contributed by atoms with Crippen LogP contribution in [0, 0.1) is 3.57 Å². The van der Waals surface area contributed by atoms with Gasteiger partial charge in [0.2, 0.25) is 5.91 Å². The monoisotopic (exact) mass is 566 g/mol. The molecule has 32 heavy (non-hydrogen) atoms. The number of halogens is 1. The van der Waals surface area contributed by atoms with Gasteiger partial charge in [0.15, 0.2) is 22.5 Å². The SMILES string of the molecule is CCn1c(COc2ccccc2OC)nnc1SCC(=O)Nc1ccc(I)cc1C(C)C. The van der Waals surface area contributed by atoms with Gasteiger partial charge in [-0.05, 0) is 71.3 Å². The normalized spacial score (nSPS) is 10.9. The second-order valence-electron chi connectivity index (χ2n) is 7.31.